The first-order valence-corrected chi connectivity index (χ1v) is 7.77. The summed E-state index contributed by atoms with van der Waals surface area (Å²) in [5.41, 5.74) is 4.68. The second-order valence-electron chi connectivity index (χ2n) is 5.36. The number of anilines is 1. The molecule has 0 spiro atoms. The van der Waals surface area contributed by atoms with Crippen molar-refractivity contribution >= 4 is 23.0 Å². The lowest BCUT2D eigenvalue weighted by atomic mass is 10.1. The molecule has 4 heteroatoms. The minimum Gasteiger partial charge on any atom is -0.492 e. The van der Waals surface area contributed by atoms with E-state index in [0.717, 1.165) is 11.4 Å². The van der Waals surface area contributed by atoms with Crippen molar-refractivity contribution in [1.82, 2.24) is 5.32 Å². The number of aryl methyl sites for hydroxylation is 3. The summed E-state index contributed by atoms with van der Waals surface area (Å²) < 4.78 is 5.65. The van der Waals surface area contributed by atoms with Crippen molar-refractivity contribution in [2.45, 2.75) is 20.8 Å². The van der Waals surface area contributed by atoms with E-state index in [-0.39, 0.29) is 0 Å². The van der Waals surface area contributed by atoms with E-state index >= 15 is 0 Å². The average Bonchev–Trinajstić information content (AvgIpc) is 2.48. The van der Waals surface area contributed by atoms with Crippen molar-refractivity contribution < 1.29 is 4.74 Å². The van der Waals surface area contributed by atoms with E-state index in [1.54, 1.807) is 0 Å². The van der Waals surface area contributed by atoms with Gasteiger partial charge in [-0.2, -0.15) is 0 Å². The molecule has 0 aromatic heterocycles. The molecule has 0 amide bonds. The number of thiocarbonyl (C=S) groups is 1. The Morgan fingerprint density at radius 3 is 2.36 bits per heavy atom. The first kappa shape index (κ1) is 16.3. The SMILES string of the molecule is Cc1ccc(OCCNC(=S)Nc2ccc(C)cc2C)cc1. The van der Waals surface area contributed by atoms with Crippen molar-refractivity contribution in [3.8, 4) is 5.75 Å². The van der Waals surface area contributed by atoms with Crippen LogP contribution in [0.4, 0.5) is 5.69 Å². The van der Waals surface area contributed by atoms with Crippen LogP contribution >= 0.6 is 12.2 Å². The summed E-state index contributed by atoms with van der Waals surface area (Å²) in [5.74, 6) is 0.876. The number of nitrogens with one attached hydrogen (secondary N) is 2. The smallest absolute Gasteiger partial charge is 0.170 e. The molecule has 0 aliphatic heterocycles. The maximum Gasteiger partial charge on any atom is 0.170 e. The van der Waals surface area contributed by atoms with E-state index in [1.807, 2.05) is 30.3 Å². The molecule has 2 aromatic carbocycles. The summed E-state index contributed by atoms with van der Waals surface area (Å²) in [7, 11) is 0. The van der Waals surface area contributed by atoms with Crippen LogP contribution in [-0.4, -0.2) is 18.3 Å². The third-order valence-electron chi connectivity index (χ3n) is 3.31. The molecule has 0 fully saturated rings. The highest BCUT2D eigenvalue weighted by molar-refractivity contribution is 7.80. The Morgan fingerprint density at radius 1 is 1.00 bits per heavy atom. The van der Waals surface area contributed by atoms with Crippen LogP contribution in [0, 0.1) is 20.8 Å². The van der Waals surface area contributed by atoms with Gasteiger partial charge in [-0.15, -0.1) is 0 Å². The van der Waals surface area contributed by atoms with Gasteiger partial charge in [-0.25, -0.2) is 0 Å². The minimum absolute atomic E-state index is 0.567. The fourth-order valence-corrected chi connectivity index (χ4v) is 2.30. The molecule has 22 heavy (non-hydrogen) atoms. The predicted molar refractivity (Wildman–Crippen MR) is 96.8 cm³/mol. The number of benzene rings is 2. The van der Waals surface area contributed by atoms with Gasteiger partial charge in [0.25, 0.3) is 0 Å². The number of rotatable bonds is 5. The molecule has 2 rings (SSSR count). The molecule has 3 nitrogen and oxygen atoms in total. The Labute approximate surface area is 137 Å². The van der Waals surface area contributed by atoms with Crippen LogP contribution in [0.5, 0.6) is 5.75 Å². The van der Waals surface area contributed by atoms with Crippen LogP contribution in [0.3, 0.4) is 0 Å². The monoisotopic (exact) mass is 314 g/mol. The van der Waals surface area contributed by atoms with Crippen molar-refractivity contribution in [3.63, 3.8) is 0 Å². The van der Waals surface area contributed by atoms with Crippen molar-refractivity contribution in [2.24, 2.45) is 0 Å². The second kappa shape index (κ2) is 7.80. The zero-order valence-corrected chi connectivity index (χ0v) is 14.1. The van der Waals surface area contributed by atoms with Crippen LogP contribution < -0.4 is 15.4 Å². The molecule has 116 valence electrons. The Kier molecular flexibility index (Phi) is 5.78. The fraction of sp³-hybridized carbons (Fsp3) is 0.278. The molecule has 0 aliphatic rings. The number of ether oxygens (including phenoxy) is 1. The zero-order chi connectivity index (χ0) is 15.9. The summed E-state index contributed by atoms with van der Waals surface area (Å²) in [6.07, 6.45) is 0. The van der Waals surface area contributed by atoms with Gasteiger partial charge in [0.05, 0.1) is 6.54 Å². The fourth-order valence-electron chi connectivity index (χ4n) is 2.09. The van der Waals surface area contributed by atoms with E-state index in [1.165, 1.54) is 16.7 Å². The van der Waals surface area contributed by atoms with Crippen LogP contribution in [0.2, 0.25) is 0 Å². The van der Waals surface area contributed by atoms with Gasteiger partial charge in [0.1, 0.15) is 12.4 Å². The largest absolute Gasteiger partial charge is 0.492 e. The highest BCUT2D eigenvalue weighted by atomic mass is 32.1. The van der Waals surface area contributed by atoms with Gasteiger partial charge in [0, 0.05) is 5.69 Å². The molecule has 0 aliphatic carbocycles. The molecule has 0 unspecified atom stereocenters. The van der Waals surface area contributed by atoms with Crippen molar-refractivity contribution in [3.05, 3.63) is 59.2 Å². The molecule has 2 aromatic rings. The number of hydrogen-bond donors (Lipinski definition) is 2. The number of hydrogen-bond acceptors (Lipinski definition) is 2. The quantitative estimate of drug-likeness (QED) is 0.646. The Morgan fingerprint density at radius 2 is 1.68 bits per heavy atom. The standard InChI is InChI=1S/C18H22N2OS/c1-13-4-7-16(8-5-13)21-11-10-19-18(22)20-17-9-6-14(2)12-15(17)3/h4-9,12H,10-11H2,1-3H3,(H2,19,20,22). The summed E-state index contributed by atoms with van der Waals surface area (Å²) in [6.45, 7) is 7.43. The van der Waals surface area contributed by atoms with Crippen LogP contribution in [-0.2, 0) is 0 Å². The average molecular weight is 314 g/mol. The topological polar surface area (TPSA) is 33.3 Å². The molecular weight excluding hydrogens is 292 g/mol. The third-order valence-corrected chi connectivity index (χ3v) is 3.55. The van der Waals surface area contributed by atoms with Crippen LogP contribution in [0.1, 0.15) is 16.7 Å². The lowest BCUT2D eigenvalue weighted by Crippen LogP contribution is -2.32. The maximum atomic E-state index is 5.65. The molecule has 0 atom stereocenters. The minimum atomic E-state index is 0.567. The van der Waals surface area contributed by atoms with Gasteiger partial charge in [0.2, 0.25) is 0 Å². The van der Waals surface area contributed by atoms with Crippen molar-refractivity contribution in [2.75, 3.05) is 18.5 Å². The van der Waals surface area contributed by atoms with Gasteiger partial charge >= 0.3 is 0 Å². The maximum absolute atomic E-state index is 5.65. The van der Waals surface area contributed by atoms with Gasteiger partial charge in [-0.3, -0.25) is 0 Å². The summed E-state index contributed by atoms with van der Waals surface area (Å²) >= 11 is 5.30. The molecule has 0 saturated carbocycles. The summed E-state index contributed by atoms with van der Waals surface area (Å²) in [5, 5.41) is 6.97. The van der Waals surface area contributed by atoms with Gasteiger partial charge in [-0.1, -0.05) is 35.4 Å². The highest BCUT2D eigenvalue weighted by Gasteiger charge is 2.01. The first-order chi connectivity index (χ1) is 10.5. The second-order valence-corrected chi connectivity index (χ2v) is 5.77. The first-order valence-electron chi connectivity index (χ1n) is 7.36. The van der Waals surface area contributed by atoms with E-state index in [2.05, 4.69) is 43.5 Å². The van der Waals surface area contributed by atoms with E-state index in [9.17, 15) is 0 Å². The lowest BCUT2D eigenvalue weighted by molar-refractivity contribution is 0.322. The van der Waals surface area contributed by atoms with Gasteiger partial charge < -0.3 is 15.4 Å². The van der Waals surface area contributed by atoms with Crippen molar-refractivity contribution in [1.29, 1.82) is 0 Å². The van der Waals surface area contributed by atoms with E-state index < -0.39 is 0 Å². The van der Waals surface area contributed by atoms with Crippen LogP contribution in [0.15, 0.2) is 42.5 Å². The molecular formula is C18H22N2OS. The zero-order valence-electron chi connectivity index (χ0n) is 13.3. The molecule has 0 bridgehead atoms. The Hall–Kier alpha value is -2.07. The molecule has 2 N–H and O–H groups in total. The molecule has 0 heterocycles. The van der Waals surface area contributed by atoms with Crippen LogP contribution in [0.25, 0.3) is 0 Å². The molecule has 0 saturated heterocycles. The highest BCUT2D eigenvalue weighted by Crippen LogP contribution is 2.15. The van der Waals surface area contributed by atoms with E-state index in [0.29, 0.717) is 18.3 Å². The third kappa shape index (κ3) is 5.04. The Balaban J connectivity index is 1.72. The van der Waals surface area contributed by atoms with Gasteiger partial charge in [0.15, 0.2) is 5.11 Å². The predicted octanol–water partition coefficient (Wildman–Crippen LogP) is 3.98. The van der Waals surface area contributed by atoms with E-state index in [4.69, 9.17) is 17.0 Å². The summed E-state index contributed by atoms with van der Waals surface area (Å²) in [6, 6.07) is 14.3. The Bertz CT molecular complexity index is 638. The summed E-state index contributed by atoms with van der Waals surface area (Å²) in [4.78, 5) is 0. The lowest BCUT2D eigenvalue weighted by Gasteiger charge is -2.13. The molecule has 0 radical (unpaired) electrons. The van der Waals surface area contributed by atoms with Gasteiger partial charge in [-0.05, 0) is 56.8 Å². The normalized spacial score (nSPS) is 10.1.